The fraction of sp³-hybridized carbons (Fsp3) is 0.118. The van der Waals surface area contributed by atoms with Crippen LogP contribution in [0, 0.1) is 18.8 Å². The first kappa shape index (κ1) is 26.6. The van der Waals surface area contributed by atoms with Crippen LogP contribution >= 0.6 is 0 Å². The number of pyridine rings is 1. The van der Waals surface area contributed by atoms with Gasteiger partial charge < -0.3 is 14.4 Å². The molecule has 0 amide bonds. The van der Waals surface area contributed by atoms with E-state index in [4.69, 9.17) is 0 Å². The van der Waals surface area contributed by atoms with Crippen molar-refractivity contribution in [3.63, 3.8) is 0 Å². The van der Waals surface area contributed by atoms with Gasteiger partial charge in [-0.2, -0.15) is 59.9 Å². The molecule has 202 valence electrons. The predicted molar refractivity (Wildman–Crippen MR) is 165 cm³/mol. The van der Waals surface area contributed by atoms with E-state index in [0.717, 1.165) is 28.6 Å². The van der Waals surface area contributed by atoms with E-state index < -0.39 is 8.07 Å². The minimum Gasteiger partial charge on any atom is -0.504 e. The molecule has 0 radical (unpaired) electrons. The second-order valence-electron chi connectivity index (χ2n) is 10.9. The van der Waals surface area contributed by atoms with Crippen molar-refractivity contribution >= 4 is 52.1 Å². The summed E-state index contributed by atoms with van der Waals surface area (Å²) in [6.07, 6.45) is 1.86. The normalized spacial score (nSPS) is 13.1. The molecule has 2 aromatic heterocycles. The van der Waals surface area contributed by atoms with E-state index in [9.17, 15) is 0 Å². The number of anilines is 3. The predicted octanol–water partition coefficient (Wildman–Crippen LogP) is 7.18. The minimum atomic E-state index is -1.92. The molecule has 0 spiro atoms. The molecule has 0 saturated carbocycles. The van der Waals surface area contributed by atoms with E-state index >= 15 is 0 Å². The van der Waals surface area contributed by atoms with Crippen molar-refractivity contribution in [2.45, 2.75) is 19.1 Å². The van der Waals surface area contributed by atoms with E-state index in [0.29, 0.717) is 0 Å². The maximum atomic E-state index is 4.69. The molecule has 0 fully saturated rings. The number of rotatable bonds is 5. The van der Waals surface area contributed by atoms with E-state index in [1.807, 2.05) is 18.3 Å². The third-order valence-electron chi connectivity index (χ3n) is 7.73. The van der Waals surface area contributed by atoms with Crippen LogP contribution in [0.25, 0.3) is 27.6 Å². The Morgan fingerprint density at radius 1 is 0.775 bits per heavy atom. The van der Waals surface area contributed by atoms with Crippen molar-refractivity contribution < 1.29 is 21.1 Å². The third kappa shape index (κ3) is 4.48. The van der Waals surface area contributed by atoms with Gasteiger partial charge in [-0.1, -0.05) is 61.1 Å². The molecule has 7 rings (SSSR count). The van der Waals surface area contributed by atoms with Gasteiger partial charge in [0.25, 0.3) is 0 Å². The van der Waals surface area contributed by atoms with Crippen LogP contribution in [0.1, 0.15) is 5.56 Å². The number of hydrogen-bond donors (Lipinski definition) is 0. The standard InChI is InChI=1S/C34H29N4Si.Pt/c1-36-24-37(32-16-7-6-15-31(32)36)26-12-10-11-25(21-26)23-39(2,3)27-18-19-29-28-13-4-5-14-30(28)38(33(29)22-27)34-17-8-9-20-35-34;/h4-20,24H,23H2,1-3H3;/q-3;. The number of para-hydroxylation sites is 3. The van der Waals surface area contributed by atoms with Crippen LogP contribution in [0.3, 0.4) is 0 Å². The maximum absolute atomic E-state index is 4.69. The zero-order valence-corrected chi connectivity index (χ0v) is 26.0. The molecular weight excluding hydrogens is 688 g/mol. The second kappa shape index (κ2) is 10.4. The van der Waals surface area contributed by atoms with Crippen molar-refractivity contribution in [2.24, 2.45) is 0 Å². The zero-order valence-electron chi connectivity index (χ0n) is 22.7. The quantitative estimate of drug-likeness (QED) is 0.140. The Balaban J connectivity index is 0.00000289. The van der Waals surface area contributed by atoms with Crippen LogP contribution in [0.15, 0.2) is 103 Å². The van der Waals surface area contributed by atoms with Crippen LogP contribution in [0.4, 0.5) is 17.1 Å². The van der Waals surface area contributed by atoms with E-state index in [1.165, 1.54) is 32.9 Å². The molecule has 0 aliphatic carbocycles. The van der Waals surface area contributed by atoms with Crippen LogP contribution < -0.4 is 15.0 Å². The summed E-state index contributed by atoms with van der Waals surface area (Å²) in [6, 6.07) is 42.8. The first-order valence-corrected chi connectivity index (χ1v) is 16.5. The Morgan fingerprint density at radius 3 is 2.38 bits per heavy atom. The summed E-state index contributed by atoms with van der Waals surface area (Å²) >= 11 is 0. The second-order valence-corrected chi connectivity index (χ2v) is 15.5. The third-order valence-corrected chi connectivity index (χ3v) is 10.7. The maximum Gasteiger partial charge on any atom is 0.135 e. The van der Waals surface area contributed by atoms with E-state index in [1.54, 1.807) is 0 Å². The number of nitrogens with zero attached hydrogens (tertiary/aromatic N) is 4. The van der Waals surface area contributed by atoms with E-state index in [-0.39, 0.29) is 21.1 Å². The summed E-state index contributed by atoms with van der Waals surface area (Å²) in [6.45, 7) is 7.01. The Kier molecular flexibility index (Phi) is 6.89. The van der Waals surface area contributed by atoms with Gasteiger partial charge in [0.1, 0.15) is 5.82 Å². The zero-order chi connectivity index (χ0) is 26.6. The first-order chi connectivity index (χ1) is 19.0. The Bertz CT molecular complexity index is 1830. The summed E-state index contributed by atoms with van der Waals surface area (Å²) in [5.41, 5.74) is 6.96. The monoisotopic (exact) mass is 716 g/mol. The molecule has 3 heterocycles. The van der Waals surface area contributed by atoms with Crippen molar-refractivity contribution in [3.8, 4) is 5.82 Å². The molecule has 40 heavy (non-hydrogen) atoms. The SMILES string of the molecule is CN1[CH-]N(c2[c-]c(C[Si](C)(C)c3[c-]c4c(cc3)c3ccccc3n4-c3ccccn3)ccc2)c2ccccc21.[Pt]. The van der Waals surface area contributed by atoms with Crippen LogP contribution in [0.2, 0.25) is 13.1 Å². The van der Waals surface area contributed by atoms with Gasteiger partial charge in [0.05, 0.1) is 8.07 Å². The van der Waals surface area contributed by atoms with Gasteiger partial charge in [0, 0.05) is 44.2 Å². The average molecular weight is 717 g/mol. The molecule has 6 heteroatoms. The number of hydrogen-bond acceptors (Lipinski definition) is 3. The van der Waals surface area contributed by atoms with Crippen LogP contribution in [-0.4, -0.2) is 24.7 Å². The first-order valence-electron chi connectivity index (χ1n) is 13.3. The molecule has 0 bridgehead atoms. The van der Waals surface area contributed by atoms with Crippen molar-refractivity contribution in [3.05, 3.63) is 128 Å². The summed E-state index contributed by atoms with van der Waals surface area (Å²) in [4.78, 5) is 9.09. The largest absolute Gasteiger partial charge is 0.504 e. The number of fused-ring (bicyclic) bond motifs is 4. The Hall–Kier alpha value is -3.66. The average Bonchev–Trinajstić information content (AvgIpc) is 3.48. The van der Waals surface area contributed by atoms with Crippen LogP contribution in [0.5, 0.6) is 0 Å². The van der Waals surface area contributed by atoms with Gasteiger partial charge in [-0.25, -0.2) is 4.98 Å². The summed E-state index contributed by atoms with van der Waals surface area (Å²) in [5.74, 6) is 0.921. The van der Waals surface area contributed by atoms with Crippen molar-refractivity contribution in [2.75, 3.05) is 16.8 Å². The van der Waals surface area contributed by atoms with Gasteiger partial charge in [-0.05, 0) is 42.8 Å². The molecule has 0 saturated heterocycles. The van der Waals surface area contributed by atoms with Crippen LogP contribution in [-0.2, 0) is 27.1 Å². The molecule has 0 unspecified atom stereocenters. The fourth-order valence-electron chi connectivity index (χ4n) is 5.79. The summed E-state index contributed by atoms with van der Waals surface area (Å²) in [7, 11) is 0.175. The molecule has 1 aliphatic heterocycles. The van der Waals surface area contributed by atoms with Gasteiger partial charge in [-0.3, -0.25) is 0 Å². The summed E-state index contributed by atoms with van der Waals surface area (Å²) in [5, 5.41) is 3.76. The smallest absolute Gasteiger partial charge is 0.135 e. The number of aromatic nitrogens is 2. The molecule has 4 aromatic carbocycles. The van der Waals surface area contributed by atoms with Gasteiger partial charge >= 0.3 is 0 Å². The molecular formula is C34H29N4PtSi-3. The molecule has 1 aliphatic rings. The molecule has 4 nitrogen and oxygen atoms in total. The molecule has 0 atom stereocenters. The Morgan fingerprint density at radius 2 is 1.55 bits per heavy atom. The minimum absolute atomic E-state index is 0. The van der Waals surface area contributed by atoms with Gasteiger partial charge in [0.15, 0.2) is 0 Å². The fourth-order valence-corrected chi connectivity index (χ4v) is 8.13. The molecule has 0 N–H and O–H groups in total. The van der Waals surface area contributed by atoms with Crippen molar-refractivity contribution in [1.29, 1.82) is 0 Å². The molecule has 6 aromatic rings. The van der Waals surface area contributed by atoms with Gasteiger partial charge in [-0.15, -0.1) is 11.1 Å². The number of benzene rings is 4. The Labute approximate surface area is 251 Å². The van der Waals surface area contributed by atoms with Gasteiger partial charge in [0.2, 0.25) is 0 Å². The van der Waals surface area contributed by atoms with E-state index in [2.05, 4.69) is 143 Å². The topological polar surface area (TPSA) is 24.3 Å². The van der Waals surface area contributed by atoms with Crippen molar-refractivity contribution in [1.82, 2.24) is 9.55 Å². The summed E-state index contributed by atoms with van der Waals surface area (Å²) < 4.78 is 2.25.